The lowest BCUT2D eigenvalue weighted by atomic mass is 10.1. The zero-order chi connectivity index (χ0) is 19.6. The van der Waals surface area contributed by atoms with Crippen molar-refractivity contribution in [3.8, 4) is 0 Å². The number of nitrogens with one attached hydrogen (secondary N) is 1. The van der Waals surface area contributed by atoms with Gasteiger partial charge < -0.3 is 10.2 Å². The number of benzene rings is 1. The van der Waals surface area contributed by atoms with Gasteiger partial charge >= 0.3 is 0 Å². The molecule has 3 nitrogen and oxygen atoms in total. The van der Waals surface area contributed by atoms with Gasteiger partial charge in [0.05, 0.1) is 5.71 Å². The Morgan fingerprint density at radius 2 is 1.41 bits per heavy atom. The van der Waals surface area contributed by atoms with E-state index in [0.29, 0.717) is 0 Å². The highest BCUT2D eigenvalue weighted by Gasteiger charge is 2.05. The van der Waals surface area contributed by atoms with Crippen LogP contribution in [0, 0.1) is 5.82 Å². The molecule has 0 aliphatic carbocycles. The number of hydrogen-bond donors (Lipinski definition) is 1. The molecule has 0 bridgehead atoms. The predicted octanol–water partition coefficient (Wildman–Crippen LogP) is 6.47. The molecule has 1 aromatic rings. The van der Waals surface area contributed by atoms with Gasteiger partial charge in [0.25, 0.3) is 0 Å². The van der Waals surface area contributed by atoms with Gasteiger partial charge in [0.1, 0.15) is 12.9 Å². The summed E-state index contributed by atoms with van der Waals surface area (Å²) < 4.78 is 13.0. The lowest BCUT2D eigenvalue weighted by molar-refractivity contribution is 0.212. The Bertz CT molecular complexity index is 488. The summed E-state index contributed by atoms with van der Waals surface area (Å²) in [6.07, 6.45) is 15.5. The summed E-state index contributed by atoms with van der Waals surface area (Å²) in [6, 6.07) is 6.43. The molecule has 0 atom stereocenters. The first kappa shape index (κ1) is 23.6. The Labute approximate surface area is 165 Å². The van der Waals surface area contributed by atoms with Gasteiger partial charge in [-0.2, -0.15) is 0 Å². The topological polar surface area (TPSA) is 33.6 Å². The van der Waals surface area contributed by atoms with Crippen molar-refractivity contribution < 1.29 is 9.23 Å². The summed E-state index contributed by atoms with van der Waals surface area (Å²) in [5.41, 5.74) is 1.80. The van der Waals surface area contributed by atoms with Crippen LogP contribution in [0.15, 0.2) is 29.4 Å². The van der Waals surface area contributed by atoms with Crippen molar-refractivity contribution in [2.75, 3.05) is 20.2 Å². The van der Waals surface area contributed by atoms with Gasteiger partial charge in [-0.1, -0.05) is 82.0 Å². The van der Waals surface area contributed by atoms with Crippen molar-refractivity contribution in [3.63, 3.8) is 0 Å². The molecule has 154 valence electrons. The lowest BCUT2D eigenvalue weighted by Gasteiger charge is -2.08. The van der Waals surface area contributed by atoms with E-state index in [1.807, 2.05) is 0 Å². The van der Waals surface area contributed by atoms with Gasteiger partial charge in [-0.05, 0) is 50.0 Å². The van der Waals surface area contributed by atoms with Crippen LogP contribution in [0.5, 0.6) is 0 Å². The highest BCUT2D eigenvalue weighted by atomic mass is 19.1. The molecular weight excluding hydrogens is 339 g/mol. The van der Waals surface area contributed by atoms with Gasteiger partial charge in [-0.3, -0.25) is 0 Å². The van der Waals surface area contributed by atoms with Crippen molar-refractivity contribution in [1.29, 1.82) is 0 Å². The second-order valence-electron chi connectivity index (χ2n) is 7.26. The van der Waals surface area contributed by atoms with Gasteiger partial charge in [-0.15, -0.1) is 0 Å². The minimum Gasteiger partial charge on any atom is -0.399 e. The van der Waals surface area contributed by atoms with Crippen LogP contribution < -0.4 is 5.32 Å². The first-order chi connectivity index (χ1) is 13.3. The fourth-order valence-electron chi connectivity index (χ4n) is 3.24. The molecule has 0 spiro atoms. The third kappa shape index (κ3) is 12.6. The third-order valence-corrected chi connectivity index (χ3v) is 4.85. The van der Waals surface area contributed by atoms with Crippen molar-refractivity contribution in [3.05, 3.63) is 35.6 Å². The molecule has 0 saturated heterocycles. The molecule has 0 aliphatic heterocycles. The summed E-state index contributed by atoms with van der Waals surface area (Å²) in [5, 5.41) is 7.60. The van der Waals surface area contributed by atoms with E-state index in [0.717, 1.165) is 37.2 Å². The monoisotopic (exact) mass is 378 g/mol. The van der Waals surface area contributed by atoms with Gasteiger partial charge in [0.15, 0.2) is 0 Å². The standard InChI is InChI=1S/C23H39FN2O/c1-3-4-5-6-7-8-9-10-11-12-19-25-20-13-14-23(26-27-2)21-15-17-22(24)18-16-21/h15-18,25H,3-14,19-20H2,1-2H3/b26-23-. The van der Waals surface area contributed by atoms with E-state index in [2.05, 4.69) is 17.4 Å². The Kier molecular flexibility index (Phi) is 14.6. The normalized spacial score (nSPS) is 11.7. The highest BCUT2D eigenvalue weighted by Crippen LogP contribution is 2.11. The second kappa shape index (κ2) is 16.7. The lowest BCUT2D eigenvalue weighted by Crippen LogP contribution is -2.17. The minimum atomic E-state index is -0.228. The van der Waals surface area contributed by atoms with Crippen LogP contribution in [-0.2, 0) is 4.84 Å². The Morgan fingerprint density at radius 1 is 0.852 bits per heavy atom. The molecule has 0 amide bonds. The minimum absolute atomic E-state index is 0.228. The molecule has 1 N–H and O–H groups in total. The van der Waals surface area contributed by atoms with Crippen LogP contribution >= 0.6 is 0 Å². The number of rotatable bonds is 17. The van der Waals surface area contributed by atoms with Gasteiger partial charge in [-0.25, -0.2) is 4.39 Å². The smallest absolute Gasteiger partial charge is 0.123 e. The molecule has 0 aliphatic rings. The second-order valence-corrected chi connectivity index (χ2v) is 7.26. The number of unbranched alkanes of at least 4 members (excludes halogenated alkanes) is 9. The average molecular weight is 379 g/mol. The molecule has 0 aromatic heterocycles. The van der Waals surface area contributed by atoms with E-state index in [9.17, 15) is 4.39 Å². The van der Waals surface area contributed by atoms with Gasteiger partial charge in [0, 0.05) is 0 Å². The first-order valence-electron chi connectivity index (χ1n) is 10.8. The van der Waals surface area contributed by atoms with Crippen LogP contribution in [0.4, 0.5) is 4.39 Å². The van der Waals surface area contributed by atoms with E-state index in [1.54, 1.807) is 19.2 Å². The van der Waals surface area contributed by atoms with E-state index in [-0.39, 0.29) is 5.82 Å². The third-order valence-electron chi connectivity index (χ3n) is 4.85. The quantitative estimate of drug-likeness (QED) is 0.191. The molecule has 4 heteroatoms. The van der Waals surface area contributed by atoms with Crippen LogP contribution in [0.2, 0.25) is 0 Å². The molecule has 1 rings (SSSR count). The SMILES string of the molecule is CCCCCCCCCCCCNCCC/C(=N/OC)c1ccc(F)cc1. The summed E-state index contributed by atoms with van der Waals surface area (Å²) >= 11 is 0. The Morgan fingerprint density at radius 3 is 2.00 bits per heavy atom. The molecule has 0 saturated carbocycles. The summed E-state index contributed by atoms with van der Waals surface area (Å²) in [4.78, 5) is 4.93. The zero-order valence-electron chi connectivity index (χ0n) is 17.4. The Hall–Kier alpha value is -1.42. The molecule has 27 heavy (non-hydrogen) atoms. The molecule has 0 fully saturated rings. The molecular formula is C23H39FN2O. The number of nitrogens with zero attached hydrogens (tertiary/aromatic N) is 1. The predicted molar refractivity (Wildman–Crippen MR) is 114 cm³/mol. The van der Waals surface area contributed by atoms with Crippen LogP contribution in [0.1, 0.15) is 89.5 Å². The van der Waals surface area contributed by atoms with Crippen molar-refractivity contribution in [1.82, 2.24) is 5.32 Å². The van der Waals surface area contributed by atoms with Crippen LogP contribution in [0.25, 0.3) is 0 Å². The fraction of sp³-hybridized carbons (Fsp3) is 0.696. The molecule has 0 heterocycles. The number of oxime groups is 1. The average Bonchev–Trinajstić information content (AvgIpc) is 2.68. The first-order valence-corrected chi connectivity index (χ1v) is 10.8. The van der Waals surface area contributed by atoms with E-state index in [4.69, 9.17) is 4.84 Å². The van der Waals surface area contributed by atoms with Gasteiger partial charge in [0.2, 0.25) is 0 Å². The maximum Gasteiger partial charge on any atom is 0.123 e. The number of halogens is 1. The zero-order valence-corrected chi connectivity index (χ0v) is 17.4. The highest BCUT2D eigenvalue weighted by molar-refractivity contribution is 6.00. The van der Waals surface area contributed by atoms with Crippen LogP contribution in [0.3, 0.4) is 0 Å². The van der Waals surface area contributed by atoms with E-state index < -0.39 is 0 Å². The van der Waals surface area contributed by atoms with Crippen molar-refractivity contribution in [2.24, 2.45) is 5.16 Å². The molecule has 0 unspecified atom stereocenters. The summed E-state index contributed by atoms with van der Waals surface area (Å²) in [5.74, 6) is -0.228. The van der Waals surface area contributed by atoms with Crippen LogP contribution in [-0.4, -0.2) is 25.9 Å². The largest absolute Gasteiger partial charge is 0.399 e. The van der Waals surface area contributed by atoms with E-state index >= 15 is 0 Å². The van der Waals surface area contributed by atoms with E-state index in [1.165, 1.54) is 76.3 Å². The molecule has 0 radical (unpaired) electrons. The Balaban J connectivity index is 1.98. The number of hydrogen-bond acceptors (Lipinski definition) is 3. The maximum atomic E-state index is 13.0. The summed E-state index contributed by atoms with van der Waals surface area (Å²) in [6.45, 7) is 4.33. The van der Waals surface area contributed by atoms with Crippen molar-refractivity contribution in [2.45, 2.75) is 84.0 Å². The maximum absolute atomic E-state index is 13.0. The molecule has 1 aromatic carbocycles. The summed E-state index contributed by atoms with van der Waals surface area (Å²) in [7, 11) is 1.55. The fourth-order valence-corrected chi connectivity index (χ4v) is 3.24. The van der Waals surface area contributed by atoms with Crippen molar-refractivity contribution >= 4 is 5.71 Å².